The molecule has 1 heterocycles. The van der Waals surface area contributed by atoms with E-state index in [1.807, 2.05) is 76.2 Å². The number of carbonyl (C=O) groups is 1. The largest absolute Gasteiger partial charge is 0.618 e. The fraction of sp³-hybridized carbons (Fsp3) is 0.280. The van der Waals surface area contributed by atoms with Crippen LogP contribution in [0.3, 0.4) is 0 Å². The number of pyridine rings is 1. The summed E-state index contributed by atoms with van der Waals surface area (Å²) in [6.45, 7) is 10.2. The number of carbonyl (C=O) groups excluding carboxylic acids is 1. The molecule has 0 bridgehead atoms. The van der Waals surface area contributed by atoms with Gasteiger partial charge in [0.15, 0.2) is 11.3 Å². The number of aryl methyl sites for hydroxylation is 2. The molecule has 3 rings (SSSR count). The number of ether oxygens (including phenoxy) is 1. The highest BCUT2D eigenvalue weighted by Gasteiger charge is 2.29. The summed E-state index contributed by atoms with van der Waals surface area (Å²) in [7, 11) is 0. The SMILES string of the molecule is Cc1cccc(NC(=O)c2c(OCC(C)C)cc(C)[n+]([O-])c2-c2ccccc2)c1C. The topological polar surface area (TPSA) is 65.3 Å². The molecule has 2 aromatic carbocycles. The number of hydrogen-bond acceptors (Lipinski definition) is 3. The summed E-state index contributed by atoms with van der Waals surface area (Å²) < 4.78 is 6.80. The second-order valence-electron chi connectivity index (χ2n) is 7.94. The summed E-state index contributed by atoms with van der Waals surface area (Å²) in [4.78, 5) is 13.5. The van der Waals surface area contributed by atoms with E-state index in [2.05, 4.69) is 5.32 Å². The van der Waals surface area contributed by atoms with Crippen LogP contribution in [0.15, 0.2) is 54.6 Å². The molecule has 5 heteroatoms. The maximum Gasteiger partial charge on any atom is 0.266 e. The van der Waals surface area contributed by atoms with Crippen molar-refractivity contribution in [3.05, 3.63) is 82.2 Å². The minimum atomic E-state index is -0.370. The van der Waals surface area contributed by atoms with Crippen LogP contribution in [0.5, 0.6) is 5.75 Å². The molecule has 0 aliphatic heterocycles. The zero-order valence-corrected chi connectivity index (χ0v) is 18.2. The monoisotopic (exact) mass is 404 g/mol. The van der Waals surface area contributed by atoms with E-state index < -0.39 is 0 Å². The van der Waals surface area contributed by atoms with Gasteiger partial charge in [-0.1, -0.05) is 44.2 Å². The van der Waals surface area contributed by atoms with Crippen molar-refractivity contribution in [3.8, 4) is 17.0 Å². The summed E-state index contributed by atoms with van der Waals surface area (Å²) in [6, 6.07) is 16.6. The molecule has 1 N–H and O–H groups in total. The maximum absolute atomic E-state index is 13.5. The smallest absolute Gasteiger partial charge is 0.266 e. The Kier molecular flexibility index (Phi) is 6.40. The molecule has 3 aromatic rings. The lowest BCUT2D eigenvalue weighted by Crippen LogP contribution is -2.36. The number of nitrogens with one attached hydrogen (secondary N) is 1. The number of aromatic nitrogens is 1. The van der Waals surface area contributed by atoms with E-state index in [0.29, 0.717) is 29.3 Å². The van der Waals surface area contributed by atoms with Crippen molar-refractivity contribution >= 4 is 11.6 Å². The van der Waals surface area contributed by atoms with Gasteiger partial charge in [0.2, 0.25) is 5.69 Å². The quantitative estimate of drug-likeness (QED) is 0.454. The highest BCUT2D eigenvalue weighted by Crippen LogP contribution is 2.31. The first-order valence-corrected chi connectivity index (χ1v) is 10.1. The number of benzene rings is 2. The van der Waals surface area contributed by atoms with E-state index in [1.54, 1.807) is 13.0 Å². The lowest BCUT2D eigenvalue weighted by molar-refractivity contribution is -0.600. The highest BCUT2D eigenvalue weighted by molar-refractivity contribution is 6.10. The van der Waals surface area contributed by atoms with Crippen LogP contribution in [0.1, 0.15) is 41.0 Å². The minimum absolute atomic E-state index is 0.239. The van der Waals surface area contributed by atoms with Gasteiger partial charge in [0.05, 0.1) is 6.61 Å². The van der Waals surface area contributed by atoms with Crippen LogP contribution in [-0.2, 0) is 0 Å². The predicted molar refractivity (Wildman–Crippen MR) is 120 cm³/mol. The Morgan fingerprint density at radius 1 is 1.07 bits per heavy atom. The molecule has 0 unspecified atom stereocenters. The maximum atomic E-state index is 13.5. The first kappa shape index (κ1) is 21.4. The van der Waals surface area contributed by atoms with Crippen molar-refractivity contribution in [2.24, 2.45) is 5.92 Å². The van der Waals surface area contributed by atoms with Gasteiger partial charge in [0, 0.05) is 24.2 Å². The molecular weight excluding hydrogens is 376 g/mol. The van der Waals surface area contributed by atoms with Crippen molar-refractivity contribution in [2.75, 3.05) is 11.9 Å². The van der Waals surface area contributed by atoms with Crippen molar-refractivity contribution < 1.29 is 14.3 Å². The van der Waals surface area contributed by atoms with Crippen molar-refractivity contribution in [2.45, 2.75) is 34.6 Å². The van der Waals surface area contributed by atoms with Gasteiger partial charge < -0.3 is 15.3 Å². The van der Waals surface area contributed by atoms with Gasteiger partial charge in [-0.3, -0.25) is 4.79 Å². The molecule has 5 nitrogen and oxygen atoms in total. The first-order chi connectivity index (χ1) is 14.3. The molecule has 1 aromatic heterocycles. The Labute approximate surface area is 177 Å². The molecule has 0 aliphatic rings. The van der Waals surface area contributed by atoms with E-state index in [-0.39, 0.29) is 23.1 Å². The Morgan fingerprint density at radius 3 is 2.43 bits per heavy atom. The minimum Gasteiger partial charge on any atom is -0.618 e. The lowest BCUT2D eigenvalue weighted by atomic mass is 10.0. The molecule has 0 saturated heterocycles. The van der Waals surface area contributed by atoms with Crippen LogP contribution in [-0.4, -0.2) is 12.5 Å². The van der Waals surface area contributed by atoms with Gasteiger partial charge in [0.1, 0.15) is 5.75 Å². The third-order valence-electron chi connectivity index (χ3n) is 5.05. The normalized spacial score (nSPS) is 10.9. The van der Waals surface area contributed by atoms with E-state index in [9.17, 15) is 10.0 Å². The van der Waals surface area contributed by atoms with Gasteiger partial charge in [-0.25, -0.2) is 0 Å². The molecule has 156 valence electrons. The zero-order valence-electron chi connectivity index (χ0n) is 18.2. The Bertz CT molecular complexity index is 1060. The Balaban J connectivity index is 2.17. The number of anilines is 1. The van der Waals surface area contributed by atoms with Crippen LogP contribution >= 0.6 is 0 Å². The number of rotatable bonds is 6. The Hall–Kier alpha value is -3.34. The molecule has 0 aliphatic carbocycles. The molecule has 0 spiro atoms. The summed E-state index contributed by atoms with van der Waals surface area (Å²) >= 11 is 0. The number of nitrogens with zero attached hydrogens (tertiary/aromatic N) is 1. The van der Waals surface area contributed by atoms with Crippen molar-refractivity contribution in [1.82, 2.24) is 0 Å². The first-order valence-electron chi connectivity index (χ1n) is 10.1. The fourth-order valence-corrected chi connectivity index (χ4v) is 3.23. The average molecular weight is 405 g/mol. The Morgan fingerprint density at radius 2 is 1.77 bits per heavy atom. The second-order valence-corrected chi connectivity index (χ2v) is 7.94. The molecule has 0 fully saturated rings. The van der Waals surface area contributed by atoms with Gasteiger partial charge >= 0.3 is 0 Å². The summed E-state index contributed by atoms with van der Waals surface area (Å²) in [5, 5.41) is 16.0. The van der Waals surface area contributed by atoms with Crippen LogP contribution in [0.4, 0.5) is 5.69 Å². The van der Waals surface area contributed by atoms with E-state index in [1.165, 1.54) is 0 Å². The van der Waals surface area contributed by atoms with Crippen LogP contribution in [0.2, 0.25) is 0 Å². The molecule has 0 atom stereocenters. The predicted octanol–water partition coefficient (Wildman–Crippen LogP) is 5.20. The van der Waals surface area contributed by atoms with E-state index in [4.69, 9.17) is 4.74 Å². The second kappa shape index (κ2) is 8.99. The zero-order chi connectivity index (χ0) is 21.8. The third-order valence-corrected chi connectivity index (χ3v) is 5.05. The van der Waals surface area contributed by atoms with Crippen LogP contribution in [0, 0.1) is 31.9 Å². The molecular formula is C25H28N2O3. The van der Waals surface area contributed by atoms with Gasteiger partial charge in [-0.2, -0.15) is 4.73 Å². The average Bonchev–Trinajstić information content (AvgIpc) is 2.72. The van der Waals surface area contributed by atoms with Gasteiger partial charge in [-0.15, -0.1) is 0 Å². The molecule has 1 amide bonds. The number of amides is 1. The van der Waals surface area contributed by atoms with Crippen LogP contribution < -0.4 is 14.8 Å². The summed E-state index contributed by atoms with van der Waals surface area (Å²) in [6.07, 6.45) is 0. The lowest BCUT2D eigenvalue weighted by Gasteiger charge is -2.18. The van der Waals surface area contributed by atoms with Crippen molar-refractivity contribution in [3.63, 3.8) is 0 Å². The highest BCUT2D eigenvalue weighted by atomic mass is 16.5. The third kappa shape index (κ3) is 4.46. The fourth-order valence-electron chi connectivity index (χ4n) is 3.23. The standard InChI is InChI=1S/C25H28N2O3/c1-16(2)15-30-22-14-18(4)27(29)24(20-11-7-6-8-12-20)23(22)25(28)26-21-13-9-10-17(3)19(21)5/h6-14,16H,15H2,1-5H3,(H,26,28). The van der Waals surface area contributed by atoms with E-state index >= 15 is 0 Å². The molecule has 0 saturated carbocycles. The van der Waals surface area contributed by atoms with E-state index in [0.717, 1.165) is 15.9 Å². The molecule has 0 radical (unpaired) electrons. The molecule has 30 heavy (non-hydrogen) atoms. The summed E-state index contributed by atoms with van der Waals surface area (Å²) in [5.74, 6) is 0.320. The van der Waals surface area contributed by atoms with Gasteiger partial charge in [0.25, 0.3) is 5.91 Å². The van der Waals surface area contributed by atoms with Crippen LogP contribution in [0.25, 0.3) is 11.3 Å². The van der Waals surface area contributed by atoms with Crippen molar-refractivity contribution in [1.29, 1.82) is 0 Å². The summed E-state index contributed by atoms with van der Waals surface area (Å²) in [5.41, 5.74) is 4.44. The van der Waals surface area contributed by atoms with Gasteiger partial charge in [-0.05, 0) is 49.1 Å². The number of hydrogen-bond donors (Lipinski definition) is 1.